The van der Waals surface area contributed by atoms with Crippen LogP contribution in [0.15, 0.2) is 48.5 Å². The molecule has 8 heteroatoms. The molecule has 1 fully saturated rings. The molecule has 4 rings (SSSR count). The Kier molecular flexibility index (Phi) is 8.02. The quantitative estimate of drug-likeness (QED) is 0.566. The minimum absolute atomic E-state index is 0.0216. The number of ether oxygens (including phenoxy) is 2. The monoisotopic (exact) mass is 480 g/mol. The topological polar surface area (TPSA) is 105 Å². The van der Waals surface area contributed by atoms with E-state index in [1.165, 1.54) is 7.11 Å². The van der Waals surface area contributed by atoms with E-state index in [1.807, 2.05) is 24.3 Å². The first-order valence-electron chi connectivity index (χ1n) is 12.1. The second kappa shape index (κ2) is 11.4. The Morgan fingerprint density at radius 1 is 1.06 bits per heavy atom. The highest BCUT2D eigenvalue weighted by Crippen LogP contribution is 2.44. The molecule has 2 atom stereocenters. The van der Waals surface area contributed by atoms with Crippen LogP contribution in [0.1, 0.15) is 49.1 Å². The Balaban J connectivity index is 1.28. The van der Waals surface area contributed by atoms with Crippen LogP contribution in [0, 0.1) is 0 Å². The summed E-state index contributed by atoms with van der Waals surface area (Å²) in [4.78, 5) is 38.2. The minimum atomic E-state index is -0.916. The predicted molar refractivity (Wildman–Crippen MR) is 130 cm³/mol. The first-order chi connectivity index (χ1) is 17.0. The van der Waals surface area contributed by atoms with E-state index in [9.17, 15) is 19.5 Å². The number of hydrogen-bond donors (Lipinski definition) is 2. The number of aliphatic carboxylic acids is 1. The third kappa shape index (κ3) is 5.65. The summed E-state index contributed by atoms with van der Waals surface area (Å²) in [5, 5.41) is 11.9. The highest BCUT2D eigenvalue weighted by atomic mass is 16.5. The SMILES string of the molecule is COC(CCNC(=O)OCC1c2ccccc2-c2ccccc21)C(=O)N1CCCCC1CC(=O)O. The van der Waals surface area contributed by atoms with Crippen molar-refractivity contribution in [3.8, 4) is 11.1 Å². The number of fused-ring (bicyclic) bond motifs is 3. The summed E-state index contributed by atoms with van der Waals surface area (Å²) in [5.41, 5.74) is 4.61. The van der Waals surface area contributed by atoms with Gasteiger partial charge in [0.25, 0.3) is 5.91 Å². The number of piperidine rings is 1. The average Bonchev–Trinajstić information content (AvgIpc) is 3.19. The Labute approximate surface area is 205 Å². The van der Waals surface area contributed by atoms with Gasteiger partial charge in [-0.15, -0.1) is 0 Å². The number of carboxylic acids is 1. The molecule has 1 aliphatic carbocycles. The number of nitrogens with zero attached hydrogens (tertiary/aromatic N) is 1. The van der Waals surface area contributed by atoms with E-state index < -0.39 is 18.2 Å². The van der Waals surface area contributed by atoms with Gasteiger partial charge in [0.15, 0.2) is 0 Å². The summed E-state index contributed by atoms with van der Waals surface area (Å²) in [6.45, 7) is 0.950. The van der Waals surface area contributed by atoms with Crippen molar-refractivity contribution in [3.63, 3.8) is 0 Å². The third-order valence-electron chi connectivity index (χ3n) is 6.90. The van der Waals surface area contributed by atoms with Gasteiger partial charge < -0.3 is 24.8 Å². The number of rotatable bonds is 9. The van der Waals surface area contributed by atoms with Gasteiger partial charge in [-0.25, -0.2) is 4.79 Å². The minimum Gasteiger partial charge on any atom is -0.481 e. The van der Waals surface area contributed by atoms with Crippen molar-refractivity contribution in [1.82, 2.24) is 10.2 Å². The molecule has 0 spiro atoms. The number of nitrogens with one attached hydrogen (secondary N) is 1. The highest BCUT2D eigenvalue weighted by molar-refractivity contribution is 5.82. The zero-order chi connectivity index (χ0) is 24.8. The number of benzene rings is 2. The molecule has 2 N–H and O–H groups in total. The Hall–Kier alpha value is -3.39. The van der Waals surface area contributed by atoms with Crippen molar-refractivity contribution in [2.75, 3.05) is 26.8 Å². The lowest BCUT2D eigenvalue weighted by Crippen LogP contribution is -2.50. The van der Waals surface area contributed by atoms with E-state index in [0.29, 0.717) is 13.0 Å². The molecule has 186 valence electrons. The summed E-state index contributed by atoms with van der Waals surface area (Å²) in [5.74, 6) is -1.17. The number of methoxy groups -OCH3 is 1. The molecule has 35 heavy (non-hydrogen) atoms. The Morgan fingerprint density at radius 2 is 1.71 bits per heavy atom. The number of hydrogen-bond acceptors (Lipinski definition) is 5. The fraction of sp³-hybridized carbons (Fsp3) is 0.444. The number of amides is 2. The largest absolute Gasteiger partial charge is 0.481 e. The number of likely N-dealkylation sites (tertiary alicyclic amines) is 1. The molecule has 2 aromatic carbocycles. The molecule has 8 nitrogen and oxygen atoms in total. The fourth-order valence-electron chi connectivity index (χ4n) is 5.19. The molecule has 1 heterocycles. The van der Waals surface area contributed by atoms with E-state index in [2.05, 4.69) is 29.6 Å². The molecule has 0 saturated carbocycles. The summed E-state index contributed by atoms with van der Waals surface area (Å²) >= 11 is 0. The van der Waals surface area contributed by atoms with Gasteiger partial charge >= 0.3 is 12.1 Å². The maximum absolute atomic E-state index is 13.0. The van der Waals surface area contributed by atoms with Crippen molar-refractivity contribution in [2.45, 2.75) is 50.2 Å². The second-order valence-electron chi connectivity index (χ2n) is 9.04. The number of carboxylic acid groups (broad SMARTS) is 1. The maximum Gasteiger partial charge on any atom is 0.407 e. The van der Waals surface area contributed by atoms with E-state index in [-0.39, 0.29) is 43.9 Å². The van der Waals surface area contributed by atoms with Gasteiger partial charge in [-0.1, -0.05) is 48.5 Å². The van der Waals surface area contributed by atoms with Gasteiger partial charge in [-0.3, -0.25) is 9.59 Å². The molecular weight excluding hydrogens is 448 g/mol. The van der Waals surface area contributed by atoms with Crippen LogP contribution < -0.4 is 5.32 Å². The zero-order valence-electron chi connectivity index (χ0n) is 19.9. The van der Waals surface area contributed by atoms with E-state index >= 15 is 0 Å². The van der Waals surface area contributed by atoms with Gasteiger partial charge in [0.05, 0.1) is 6.42 Å². The number of carbonyl (C=O) groups excluding carboxylic acids is 2. The molecule has 2 aromatic rings. The summed E-state index contributed by atoms with van der Waals surface area (Å²) in [6, 6.07) is 16.0. The van der Waals surface area contributed by atoms with Gasteiger partial charge in [-0.2, -0.15) is 0 Å². The predicted octanol–water partition coefficient (Wildman–Crippen LogP) is 3.79. The molecule has 0 radical (unpaired) electrons. The van der Waals surface area contributed by atoms with Crippen molar-refractivity contribution >= 4 is 18.0 Å². The number of alkyl carbamates (subject to hydrolysis) is 1. The first kappa shape index (κ1) is 24.7. The van der Waals surface area contributed by atoms with Crippen LogP contribution in [0.3, 0.4) is 0 Å². The third-order valence-corrected chi connectivity index (χ3v) is 6.90. The normalized spacial score (nSPS) is 17.9. The molecule has 2 aliphatic rings. The molecule has 0 bridgehead atoms. The highest BCUT2D eigenvalue weighted by Gasteiger charge is 2.33. The van der Waals surface area contributed by atoms with Crippen molar-refractivity contribution in [1.29, 1.82) is 0 Å². The van der Waals surface area contributed by atoms with Gasteiger partial charge in [0.1, 0.15) is 12.7 Å². The standard InChI is InChI=1S/C27H32N2O6/c1-34-24(26(32)29-15-7-6-8-18(29)16-25(30)31)13-14-28-27(33)35-17-23-21-11-4-2-9-19(21)20-10-3-5-12-22(20)23/h2-5,9-12,18,23-24H,6-8,13-17H2,1H3,(H,28,33)(H,30,31). The van der Waals surface area contributed by atoms with Crippen LogP contribution in [0.5, 0.6) is 0 Å². The lowest BCUT2D eigenvalue weighted by molar-refractivity contribution is -0.148. The first-order valence-corrected chi connectivity index (χ1v) is 12.1. The van der Waals surface area contributed by atoms with E-state index in [4.69, 9.17) is 9.47 Å². The summed E-state index contributed by atoms with van der Waals surface area (Å²) in [6.07, 6.45) is 1.33. The zero-order valence-corrected chi connectivity index (χ0v) is 19.9. The van der Waals surface area contributed by atoms with Crippen molar-refractivity contribution in [2.24, 2.45) is 0 Å². The summed E-state index contributed by atoms with van der Waals surface area (Å²) in [7, 11) is 1.45. The van der Waals surface area contributed by atoms with Gasteiger partial charge in [-0.05, 0) is 41.5 Å². The molecule has 2 unspecified atom stereocenters. The second-order valence-corrected chi connectivity index (χ2v) is 9.04. The molecule has 1 aliphatic heterocycles. The molecular formula is C27H32N2O6. The Morgan fingerprint density at radius 3 is 2.34 bits per heavy atom. The fourth-order valence-corrected chi connectivity index (χ4v) is 5.19. The van der Waals surface area contributed by atoms with Crippen LogP contribution >= 0.6 is 0 Å². The van der Waals surface area contributed by atoms with Crippen molar-refractivity contribution in [3.05, 3.63) is 59.7 Å². The molecule has 1 saturated heterocycles. The lowest BCUT2D eigenvalue weighted by Gasteiger charge is -2.36. The van der Waals surface area contributed by atoms with Crippen LogP contribution in [0.2, 0.25) is 0 Å². The van der Waals surface area contributed by atoms with E-state index in [1.54, 1.807) is 4.90 Å². The molecule has 0 aromatic heterocycles. The van der Waals surface area contributed by atoms with Gasteiger partial charge in [0.2, 0.25) is 0 Å². The van der Waals surface area contributed by atoms with Gasteiger partial charge in [0, 0.05) is 38.6 Å². The van der Waals surface area contributed by atoms with Crippen LogP contribution in [0.25, 0.3) is 11.1 Å². The summed E-state index contributed by atoms with van der Waals surface area (Å²) < 4.78 is 10.9. The van der Waals surface area contributed by atoms with Crippen LogP contribution in [-0.2, 0) is 19.1 Å². The smallest absolute Gasteiger partial charge is 0.407 e. The lowest BCUT2D eigenvalue weighted by atomic mass is 9.98. The Bertz CT molecular complexity index is 1030. The average molecular weight is 481 g/mol. The molecule has 2 amide bonds. The van der Waals surface area contributed by atoms with Crippen LogP contribution in [-0.4, -0.2) is 66.9 Å². The van der Waals surface area contributed by atoms with Crippen LogP contribution in [0.4, 0.5) is 4.79 Å². The van der Waals surface area contributed by atoms with Crippen molar-refractivity contribution < 1.29 is 29.0 Å². The number of carbonyl (C=O) groups is 3. The van der Waals surface area contributed by atoms with E-state index in [0.717, 1.165) is 35.1 Å². The maximum atomic E-state index is 13.0.